The molecule has 5 nitrogen and oxygen atoms in total. The summed E-state index contributed by atoms with van der Waals surface area (Å²) in [5.74, 6) is 0.564. The number of hydrogen-bond acceptors (Lipinski definition) is 4. The van der Waals surface area contributed by atoms with Crippen LogP contribution in [0.5, 0.6) is 11.5 Å². The number of carbonyl (C=O) groups excluding carboxylic acids is 1. The first-order valence-corrected chi connectivity index (χ1v) is 5.42. The van der Waals surface area contributed by atoms with Gasteiger partial charge in [-0.3, -0.25) is 9.78 Å². The lowest BCUT2D eigenvalue weighted by Gasteiger charge is -2.09. The van der Waals surface area contributed by atoms with Crippen LogP contribution in [0, 0.1) is 0 Å². The predicted molar refractivity (Wildman–Crippen MR) is 67.2 cm³/mol. The van der Waals surface area contributed by atoms with Crippen LogP contribution in [-0.4, -0.2) is 10.9 Å². The SMILES string of the molecule is NCc1ccccc1Oc1ccnc(C(N)=O)c1. The highest BCUT2D eigenvalue weighted by atomic mass is 16.5. The van der Waals surface area contributed by atoms with E-state index >= 15 is 0 Å². The summed E-state index contributed by atoms with van der Waals surface area (Å²) < 4.78 is 5.66. The van der Waals surface area contributed by atoms with Gasteiger partial charge in [-0.25, -0.2) is 0 Å². The van der Waals surface area contributed by atoms with E-state index in [9.17, 15) is 4.79 Å². The molecule has 1 aromatic carbocycles. The first-order chi connectivity index (χ1) is 8.70. The summed E-state index contributed by atoms with van der Waals surface area (Å²) >= 11 is 0. The molecular formula is C13H13N3O2. The molecule has 92 valence electrons. The molecular weight excluding hydrogens is 230 g/mol. The molecule has 0 spiro atoms. The Kier molecular flexibility index (Phi) is 3.54. The maximum atomic E-state index is 11.0. The van der Waals surface area contributed by atoms with Gasteiger partial charge in [0.1, 0.15) is 17.2 Å². The van der Waals surface area contributed by atoms with E-state index in [0.29, 0.717) is 18.0 Å². The molecule has 18 heavy (non-hydrogen) atoms. The number of para-hydroxylation sites is 1. The van der Waals surface area contributed by atoms with Gasteiger partial charge in [-0.1, -0.05) is 18.2 Å². The van der Waals surface area contributed by atoms with Crippen LogP contribution in [0.1, 0.15) is 16.1 Å². The van der Waals surface area contributed by atoms with Gasteiger partial charge in [0, 0.05) is 24.4 Å². The lowest BCUT2D eigenvalue weighted by molar-refractivity contribution is 0.0995. The Morgan fingerprint density at radius 3 is 2.78 bits per heavy atom. The number of nitrogens with zero attached hydrogens (tertiary/aromatic N) is 1. The van der Waals surface area contributed by atoms with Crippen LogP contribution in [0.25, 0.3) is 0 Å². The molecule has 0 atom stereocenters. The van der Waals surface area contributed by atoms with Gasteiger partial charge < -0.3 is 16.2 Å². The highest BCUT2D eigenvalue weighted by molar-refractivity contribution is 5.91. The minimum atomic E-state index is -0.590. The molecule has 2 rings (SSSR count). The maximum Gasteiger partial charge on any atom is 0.267 e. The van der Waals surface area contributed by atoms with Gasteiger partial charge in [0.05, 0.1) is 0 Å². The van der Waals surface area contributed by atoms with E-state index in [1.165, 1.54) is 12.3 Å². The zero-order valence-electron chi connectivity index (χ0n) is 9.67. The molecule has 1 aromatic heterocycles. The van der Waals surface area contributed by atoms with E-state index < -0.39 is 5.91 Å². The monoisotopic (exact) mass is 243 g/mol. The normalized spacial score (nSPS) is 10.1. The van der Waals surface area contributed by atoms with E-state index in [1.807, 2.05) is 24.3 Å². The summed E-state index contributed by atoms with van der Waals surface area (Å²) in [6.07, 6.45) is 1.47. The van der Waals surface area contributed by atoms with Gasteiger partial charge >= 0.3 is 0 Å². The van der Waals surface area contributed by atoms with Crippen molar-refractivity contribution in [3.8, 4) is 11.5 Å². The molecule has 5 heteroatoms. The molecule has 0 unspecified atom stereocenters. The van der Waals surface area contributed by atoms with Crippen molar-refractivity contribution in [2.24, 2.45) is 11.5 Å². The molecule has 0 saturated heterocycles. The van der Waals surface area contributed by atoms with Crippen molar-refractivity contribution in [3.63, 3.8) is 0 Å². The van der Waals surface area contributed by atoms with Gasteiger partial charge in [0.15, 0.2) is 0 Å². The van der Waals surface area contributed by atoms with E-state index in [0.717, 1.165) is 5.56 Å². The van der Waals surface area contributed by atoms with Crippen molar-refractivity contribution in [1.29, 1.82) is 0 Å². The average molecular weight is 243 g/mol. The van der Waals surface area contributed by atoms with Gasteiger partial charge in [-0.05, 0) is 12.1 Å². The molecule has 4 N–H and O–H groups in total. The summed E-state index contributed by atoms with van der Waals surface area (Å²) in [6, 6.07) is 10.6. The van der Waals surface area contributed by atoms with Gasteiger partial charge in [-0.2, -0.15) is 0 Å². The summed E-state index contributed by atoms with van der Waals surface area (Å²) in [6.45, 7) is 0.379. The number of carbonyl (C=O) groups is 1. The molecule has 1 amide bonds. The fraction of sp³-hybridized carbons (Fsp3) is 0.0769. The van der Waals surface area contributed by atoms with Crippen LogP contribution in [-0.2, 0) is 6.54 Å². The van der Waals surface area contributed by atoms with Crippen LogP contribution in [0.4, 0.5) is 0 Å². The second-order valence-corrected chi connectivity index (χ2v) is 3.65. The van der Waals surface area contributed by atoms with Crippen LogP contribution >= 0.6 is 0 Å². The van der Waals surface area contributed by atoms with E-state index in [1.54, 1.807) is 6.07 Å². The Hall–Kier alpha value is -2.40. The molecule has 0 aliphatic heterocycles. The zero-order chi connectivity index (χ0) is 13.0. The van der Waals surface area contributed by atoms with Gasteiger partial charge in [0.25, 0.3) is 5.91 Å². The van der Waals surface area contributed by atoms with E-state index in [-0.39, 0.29) is 5.69 Å². The Morgan fingerprint density at radius 1 is 1.28 bits per heavy atom. The number of benzene rings is 1. The first-order valence-electron chi connectivity index (χ1n) is 5.42. The van der Waals surface area contributed by atoms with Crippen molar-refractivity contribution < 1.29 is 9.53 Å². The molecule has 0 saturated carbocycles. The lowest BCUT2D eigenvalue weighted by Crippen LogP contribution is -2.12. The van der Waals surface area contributed by atoms with Gasteiger partial charge in [0.2, 0.25) is 0 Å². The molecule has 1 heterocycles. The van der Waals surface area contributed by atoms with Crippen molar-refractivity contribution in [3.05, 3.63) is 53.9 Å². The van der Waals surface area contributed by atoms with Crippen LogP contribution in [0.3, 0.4) is 0 Å². The Labute approximate surface area is 104 Å². The smallest absolute Gasteiger partial charge is 0.267 e. The summed E-state index contributed by atoms with van der Waals surface area (Å²) in [5, 5.41) is 0. The Morgan fingerprint density at radius 2 is 2.06 bits per heavy atom. The number of rotatable bonds is 4. The first kappa shape index (κ1) is 12.1. The molecule has 0 radical (unpaired) electrons. The number of amides is 1. The van der Waals surface area contributed by atoms with Crippen molar-refractivity contribution in [1.82, 2.24) is 4.98 Å². The largest absolute Gasteiger partial charge is 0.457 e. The fourth-order valence-electron chi connectivity index (χ4n) is 1.51. The number of aromatic nitrogens is 1. The van der Waals surface area contributed by atoms with Crippen LogP contribution < -0.4 is 16.2 Å². The number of nitrogens with two attached hydrogens (primary N) is 2. The quantitative estimate of drug-likeness (QED) is 0.849. The maximum absolute atomic E-state index is 11.0. The Balaban J connectivity index is 2.28. The number of ether oxygens (including phenoxy) is 1. The van der Waals surface area contributed by atoms with Crippen molar-refractivity contribution in [2.75, 3.05) is 0 Å². The number of primary amides is 1. The molecule has 0 aliphatic carbocycles. The highest BCUT2D eigenvalue weighted by Crippen LogP contribution is 2.24. The van der Waals surface area contributed by atoms with E-state index in [4.69, 9.17) is 16.2 Å². The van der Waals surface area contributed by atoms with Gasteiger partial charge in [-0.15, -0.1) is 0 Å². The van der Waals surface area contributed by atoms with Crippen molar-refractivity contribution >= 4 is 5.91 Å². The third-order valence-electron chi connectivity index (χ3n) is 2.40. The molecule has 0 fully saturated rings. The third kappa shape index (κ3) is 2.64. The molecule has 2 aromatic rings. The summed E-state index contributed by atoms with van der Waals surface area (Å²) in [7, 11) is 0. The average Bonchev–Trinajstić information content (AvgIpc) is 2.39. The lowest BCUT2D eigenvalue weighted by atomic mass is 10.2. The minimum Gasteiger partial charge on any atom is -0.457 e. The second-order valence-electron chi connectivity index (χ2n) is 3.65. The number of pyridine rings is 1. The molecule has 0 bridgehead atoms. The highest BCUT2D eigenvalue weighted by Gasteiger charge is 2.06. The van der Waals surface area contributed by atoms with Crippen molar-refractivity contribution in [2.45, 2.75) is 6.54 Å². The predicted octanol–water partition coefficient (Wildman–Crippen LogP) is 1.43. The van der Waals surface area contributed by atoms with Crippen LogP contribution in [0.15, 0.2) is 42.6 Å². The zero-order valence-corrected chi connectivity index (χ0v) is 9.67. The fourth-order valence-corrected chi connectivity index (χ4v) is 1.51. The third-order valence-corrected chi connectivity index (χ3v) is 2.40. The van der Waals surface area contributed by atoms with E-state index in [2.05, 4.69) is 4.98 Å². The topological polar surface area (TPSA) is 91.2 Å². The Bertz CT molecular complexity index is 570. The minimum absolute atomic E-state index is 0.165. The number of hydrogen-bond donors (Lipinski definition) is 2. The summed E-state index contributed by atoms with van der Waals surface area (Å²) in [5.41, 5.74) is 11.8. The van der Waals surface area contributed by atoms with Crippen LogP contribution in [0.2, 0.25) is 0 Å². The molecule has 0 aliphatic rings. The standard InChI is InChI=1S/C13H13N3O2/c14-8-9-3-1-2-4-12(9)18-10-5-6-16-11(7-10)13(15)17/h1-7H,8,14H2,(H2,15,17). The summed E-state index contributed by atoms with van der Waals surface area (Å²) in [4.78, 5) is 14.9. The second kappa shape index (κ2) is 5.29.